The van der Waals surface area contributed by atoms with Gasteiger partial charge in [-0.05, 0) is 229 Å². The van der Waals surface area contributed by atoms with Gasteiger partial charge in [0.2, 0.25) is 0 Å². The zero-order valence-corrected chi connectivity index (χ0v) is 54.8. The number of unbranched alkanes of at least 4 members (excludes halogenated alkanes) is 8. The van der Waals surface area contributed by atoms with Crippen LogP contribution in [0.1, 0.15) is 197 Å². The minimum absolute atomic E-state index is 0. The first-order valence-corrected chi connectivity index (χ1v) is 30.2. The van der Waals surface area contributed by atoms with Crippen LogP contribution in [0.2, 0.25) is 0 Å². The van der Waals surface area contributed by atoms with Gasteiger partial charge in [0.25, 0.3) is 0 Å². The summed E-state index contributed by atoms with van der Waals surface area (Å²) >= 11 is 0. The average Bonchev–Trinajstić information content (AvgIpc) is 4.27. The van der Waals surface area contributed by atoms with Crippen LogP contribution in [0.3, 0.4) is 0 Å². The van der Waals surface area contributed by atoms with Crippen molar-refractivity contribution in [1.29, 1.82) is 0 Å². The van der Waals surface area contributed by atoms with Crippen molar-refractivity contribution in [3.05, 3.63) is 155 Å². The Labute approximate surface area is 515 Å². The smallest absolute Gasteiger partial charge is 0.173 e. The fraction of sp³-hybridized carbons (Fsp3) is 0.606. The first-order chi connectivity index (χ1) is 36.3. The molecule has 4 atom stereocenters. The Hall–Kier alpha value is -2.42. The number of pyridine rings is 4. The van der Waals surface area contributed by atoms with Crippen LogP contribution in [0.15, 0.2) is 110 Å². The minimum Gasteiger partial charge on any atom is -1.00 e. The fourth-order valence-corrected chi connectivity index (χ4v) is 13.7. The van der Waals surface area contributed by atoms with E-state index in [1.54, 1.807) is 22.3 Å². The van der Waals surface area contributed by atoms with Crippen molar-refractivity contribution in [2.75, 3.05) is 54.4 Å². The van der Waals surface area contributed by atoms with Crippen molar-refractivity contribution in [2.45, 2.75) is 204 Å². The molecule has 4 aliphatic heterocycles. The third-order valence-corrected chi connectivity index (χ3v) is 18.1. The van der Waals surface area contributed by atoms with E-state index in [1.165, 1.54) is 203 Å². The van der Waals surface area contributed by atoms with Crippen molar-refractivity contribution in [3.63, 3.8) is 0 Å². The predicted octanol–water partition coefficient (Wildman–Crippen LogP) is -0.429. The molecule has 0 bridgehead atoms. The van der Waals surface area contributed by atoms with E-state index in [-0.39, 0.29) is 67.9 Å². The van der Waals surface area contributed by atoms with E-state index in [9.17, 15) is 0 Å². The molecule has 8 nitrogen and oxygen atoms in total. The number of benzene rings is 1. The maximum atomic E-state index is 2.74. The zero-order valence-electron chi connectivity index (χ0n) is 48.4. The number of aromatic nitrogens is 4. The molecule has 0 spiro atoms. The zero-order chi connectivity index (χ0) is 50.9. The molecule has 0 amide bonds. The lowest BCUT2D eigenvalue weighted by Gasteiger charge is -2.18. The SMILES string of the molecule is CN1CCC[C@H]1c1ccc[n+](CCCCCc2cc(CCCCC[n+]3cccc([C@@H]4CCCN4C)c3)c(CCCCC[n+]3cccc([C@@H]4CCCN4C)c3)cc2CCCCC[n+]2cccc([C@@H]3CCCN3C)c2)c1.[Br-].[Br-].[Br-].[Br-]. The Morgan fingerprint density at radius 1 is 0.333 bits per heavy atom. The summed E-state index contributed by atoms with van der Waals surface area (Å²) in [7, 11) is 9.17. The molecular formula is C66H98Br4N8. The van der Waals surface area contributed by atoms with E-state index in [0.29, 0.717) is 24.2 Å². The Kier molecular flexibility index (Phi) is 29.7. The topological polar surface area (TPSA) is 28.5 Å². The number of aryl methyl sites for hydroxylation is 8. The Balaban J connectivity index is 0.00000280. The van der Waals surface area contributed by atoms with Crippen molar-refractivity contribution < 1.29 is 86.2 Å². The molecule has 0 aliphatic carbocycles. The van der Waals surface area contributed by atoms with E-state index in [4.69, 9.17) is 0 Å². The molecule has 0 unspecified atom stereocenters. The third kappa shape index (κ3) is 19.3. The summed E-state index contributed by atoms with van der Waals surface area (Å²) < 4.78 is 9.87. The molecule has 78 heavy (non-hydrogen) atoms. The second kappa shape index (κ2) is 34.9. The number of rotatable bonds is 28. The first kappa shape index (κ1) is 66.4. The largest absolute Gasteiger partial charge is 1.00 e. The fourth-order valence-electron chi connectivity index (χ4n) is 13.7. The Morgan fingerprint density at radius 3 is 0.769 bits per heavy atom. The standard InChI is InChI=1S/C66H98N8.4BrH/c1-67-37-21-33-63(67)59-29-17-45-71(51-59)41-13-5-9-25-55-49-57(27-11-7-15-43-73-47-19-31-61(53-73)65-35-23-39-69(65)3)58(28-12-8-16-44-74-48-20-32-62(54-74)66-36-24-40-70(66)4)50-56(55)26-10-6-14-42-72-46-18-30-60(52-72)64-34-22-38-68(64)2;;;;/h17-20,29-32,45-54,63-66H,5-16,21-28,33-44H2,1-4H3;4*1H/q+4;;;;/p-4/t63-,64-,65-,66-;;;;/m0..../s1. The van der Waals surface area contributed by atoms with Gasteiger partial charge < -0.3 is 67.9 Å². The molecule has 4 fully saturated rings. The van der Waals surface area contributed by atoms with Gasteiger partial charge in [0.1, 0.15) is 26.2 Å². The average molecular weight is 1320 g/mol. The summed E-state index contributed by atoms with van der Waals surface area (Å²) in [6.07, 6.45) is 49.3. The molecule has 0 saturated carbocycles. The van der Waals surface area contributed by atoms with Gasteiger partial charge in [0, 0.05) is 96.4 Å². The predicted molar refractivity (Wildman–Crippen MR) is 302 cm³/mol. The van der Waals surface area contributed by atoms with Crippen LogP contribution in [-0.2, 0) is 51.9 Å². The highest BCUT2D eigenvalue weighted by molar-refractivity contribution is 5.39. The quantitative estimate of drug-likeness (QED) is 0.0504. The minimum atomic E-state index is 0. The molecule has 4 aromatic heterocycles. The second-order valence-electron chi connectivity index (χ2n) is 23.7. The number of hydrogen-bond donors (Lipinski definition) is 0. The van der Waals surface area contributed by atoms with Crippen molar-refractivity contribution in [2.24, 2.45) is 0 Å². The van der Waals surface area contributed by atoms with E-state index in [2.05, 4.69) is 176 Å². The molecule has 0 radical (unpaired) electrons. The van der Waals surface area contributed by atoms with E-state index < -0.39 is 0 Å². The molecule has 9 rings (SSSR count). The van der Waals surface area contributed by atoms with Gasteiger partial charge in [-0.1, -0.05) is 12.1 Å². The number of likely N-dealkylation sites (tertiary alicyclic amines) is 4. The second-order valence-corrected chi connectivity index (χ2v) is 23.7. The van der Waals surface area contributed by atoms with Crippen LogP contribution in [0, 0.1) is 0 Å². The van der Waals surface area contributed by atoms with E-state index in [1.807, 2.05) is 0 Å². The van der Waals surface area contributed by atoms with E-state index >= 15 is 0 Å². The van der Waals surface area contributed by atoms with Crippen LogP contribution in [0.25, 0.3) is 0 Å². The van der Waals surface area contributed by atoms with Gasteiger partial charge in [-0.3, -0.25) is 19.6 Å². The van der Waals surface area contributed by atoms with Crippen LogP contribution in [0.4, 0.5) is 0 Å². The Bertz CT molecular complexity index is 2170. The lowest BCUT2D eigenvalue weighted by Crippen LogP contribution is -3.00. The normalized spacial score (nSPS) is 19.8. The van der Waals surface area contributed by atoms with Crippen molar-refractivity contribution >= 4 is 0 Å². The van der Waals surface area contributed by atoms with Gasteiger partial charge in [0.15, 0.2) is 49.6 Å². The number of nitrogens with zero attached hydrogens (tertiary/aromatic N) is 8. The highest BCUT2D eigenvalue weighted by Crippen LogP contribution is 2.33. The summed E-state index contributed by atoms with van der Waals surface area (Å²) in [5.74, 6) is 0. The molecule has 0 N–H and O–H groups in total. The lowest BCUT2D eigenvalue weighted by atomic mass is 9.88. The maximum absolute atomic E-state index is 2.74. The van der Waals surface area contributed by atoms with Gasteiger partial charge in [-0.15, -0.1) is 0 Å². The van der Waals surface area contributed by atoms with Crippen LogP contribution < -0.4 is 86.2 Å². The summed E-state index contributed by atoms with van der Waals surface area (Å²) in [6.45, 7) is 9.33. The summed E-state index contributed by atoms with van der Waals surface area (Å²) in [5.41, 5.74) is 12.6. The first-order valence-electron chi connectivity index (χ1n) is 30.2. The lowest BCUT2D eigenvalue weighted by molar-refractivity contribution is -0.698. The molecule has 5 aromatic rings. The van der Waals surface area contributed by atoms with Gasteiger partial charge >= 0.3 is 0 Å². The van der Waals surface area contributed by atoms with Gasteiger partial charge in [-0.2, -0.15) is 0 Å². The summed E-state index contributed by atoms with van der Waals surface area (Å²) in [6, 6.07) is 26.3. The van der Waals surface area contributed by atoms with Crippen molar-refractivity contribution in [3.8, 4) is 0 Å². The molecular weight excluding hydrogens is 1220 g/mol. The van der Waals surface area contributed by atoms with Gasteiger partial charge in [-0.25, -0.2) is 18.3 Å². The Morgan fingerprint density at radius 2 is 0.564 bits per heavy atom. The monoisotopic (exact) mass is 1320 g/mol. The van der Waals surface area contributed by atoms with Crippen LogP contribution in [-0.4, -0.2) is 74.0 Å². The van der Waals surface area contributed by atoms with Crippen LogP contribution in [0.5, 0.6) is 0 Å². The van der Waals surface area contributed by atoms with Crippen molar-refractivity contribution in [1.82, 2.24) is 19.6 Å². The maximum Gasteiger partial charge on any atom is 0.173 e. The highest BCUT2D eigenvalue weighted by atomic mass is 79.9. The number of halogens is 4. The molecule has 430 valence electrons. The number of hydrogen-bond acceptors (Lipinski definition) is 4. The molecule has 8 heterocycles. The summed E-state index contributed by atoms with van der Waals surface area (Å²) in [5, 5.41) is 0. The molecule has 4 saturated heterocycles. The molecule has 1 aromatic carbocycles. The molecule has 12 heteroatoms. The summed E-state index contributed by atoms with van der Waals surface area (Å²) in [4.78, 5) is 10.1. The van der Waals surface area contributed by atoms with Crippen LogP contribution >= 0.6 is 0 Å². The van der Waals surface area contributed by atoms with Gasteiger partial charge in [0.05, 0.1) is 0 Å². The molecule has 4 aliphatic rings. The highest BCUT2D eigenvalue weighted by Gasteiger charge is 2.28. The third-order valence-electron chi connectivity index (χ3n) is 18.1. The van der Waals surface area contributed by atoms with E-state index in [0.717, 1.165) is 26.2 Å².